The Hall–Kier alpha value is -2.25. The molecule has 0 spiro atoms. The Morgan fingerprint density at radius 1 is 1.24 bits per heavy atom. The van der Waals surface area contributed by atoms with Crippen molar-refractivity contribution in [2.45, 2.75) is 31.7 Å². The highest BCUT2D eigenvalue weighted by Gasteiger charge is 2.20. The van der Waals surface area contributed by atoms with Gasteiger partial charge in [0.05, 0.1) is 5.00 Å². The van der Waals surface area contributed by atoms with Crippen molar-refractivity contribution >= 4 is 45.5 Å². The van der Waals surface area contributed by atoms with Crippen molar-refractivity contribution in [1.82, 2.24) is 10.6 Å². The molecule has 1 amide bonds. The van der Waals surface area contributed by atoms with Crippen LogP contribution in [0, 0.1) is 0 Å². The van der Waals surface area contributed by atoms with Gasteiger partial charge in [0.25, 0.3) is 0 Å². The zero-order chi connectivity index (χ0) is 20.5. The van der Waals surface area contributed by atoms with E-state index in [0.29, 0.717) is 24.0 Å². The Morgan fingerprint density at radius 3 is 2.66 bits per heavy atom. The maximum absolute atomic E-state index is 12.0. The predicted octanol–water partition coefficient (Wildman–Crippen LogP) is 3.95. The van der Waals surface area contributed by atoms with Crippen LogP contribution in [0.3, 0.4) is 0 Å². The van der Waals surface area contributed by atoms with Crippen LogP contribution in [0.5, 0.6) is 0 Å². The zero-order valence-electron chi connectivity index (χ0n) is 16.7. The number of thiophene rings is 1. The fraction of sp³-hybridized carbons (Fsp3) is 0.429. The third-order valence-electron chi connectivity index (χ3n) is 4.88. The summed E-state index contributed by atoms with van der Waals surface area (Å²) >= 11 is 7.65. The summed E-state index contributed by atoms with van der Waals surface area (Å²) in [6.07, 6.45) is 3.35. The fourth-order valence-electron chi connectivity index (χ4n) is 3.29. The third-order valence-corrected chi connectivity index (χ3v) is 6.06. The highest BCUT2D eigenvalue weighted by molar-refractivity contribution is 7.14. The van der Waals surface area contributed by atoms with Gasteiger partial charge >= 0.3 is 0 Å². The molecule has 0 saturated carbocycles. The number of guanidine groups is 1. The molecule has 156 valence electrons. The van der Waals surface area contributed by atoms with E-state index in [0.717, 1.165) is 44.0 Å². The SMILES string of the molecule is CN=C(NCCCC(=O)Nc1ccc(Cl)cc1)NC1CCN(c2cccs2)CC1. The van der Waals surface area contributed by atoms with Gasteiger partial charge in [-0.3, -0.25) is 9.79 Å². The molecule has 0 bridgehead atoms. The average molecular weight is 434 g/mol. The molecule has 0 atom stereocenters. The number of benzene rings is 1. The predicted molar refractivity (Wildman–Crippen MR) is 123 cm³/mol. The second-order valence-corrected chi connectivity index (χ2v) is 8.38. The summed E-state index contributed by atoms with van der Waals surface area (Å²) < 4.78 is 0. The minimum absolute atomic E-state index is 0.00184. The third kappa shape index (κ3) is 6.94. The van der Waals surface area contributed by atoms with Crippen molar-refractivity contribution in [2.24, 2.45) is 4.99 Å². The van der Waals surface area contributed by atoms with Crippen molar-refractivity contribution in [1.29, 1.82) is 0 Å². The number of carbonyl (C=O) groups is 1. The Labute approximate surface area is 181 Å². The van der Waals surface area contributed by atoms with Crippen LogP contribution < -0.4 is 20.9 Å². The first-order valence-corrected chi connectivity index (χ1v) is 11.2. The van der Waals surface area contributed by atoms with E-state index < -0.39 is 0 Å². The smallest absolute Gasteiger partial charge is 0.224 e. The first kappa shape index (κ1) is 21.5. The first-order chi connectivity index (χ1) is 14.1. The van der Waals surface area contributed by atoms with Crippen LogP contribution in [0.1, 0.15) is 25.7 Å². The van der Waals surface area contributed by atoms with Crippen molar-refractivity contribution < 1.29 is 4.79 Å². The quantitative estimate of drug-likeness (QED) is 0.351. The lowest BCUT2D eigenvalue weighted by Crippen LogP contribution is -2.48. The maximum Gasteiger partial charge on any atom is 0.224 e. The Kier molecular flexibility index (Phi) is 8.19. The van der Waals surface area contributed by atoms with Gasteiger partial charge in [0, 0.05) is 49.9 Å². The molecule has 1 aliphatic rings. The second-order valence-electron chi connectivity index (χ2n) is 7.01. The lowest BCUT2D eigenvalue weighted by Gasteiger charge is -2.33. The number of rotatable bonds is 7. The van der Waals surface area contributed by atoms with Crippen LogP contribution in [-0.4, -0.2) is 44.6 Å². The van der Waals surface area contributed by atoms with Gasteiger partial charge in [-0.05, 0) is 61.0 Å². The van der Waals surface area contributed by atoms with Gasteiger partial charge in [0.2, 0.25) is 5.91 Å². The van der Waals surface area contributed by atoms with E-state index in [4.69, 9.17) is 11.6 Å². The summed E-state index contributed by atoms with van der Waals surface area (Å²) in [5.74, 6) is 0.802. The minimum atomic E-state index is -0.00184. The van der Waals surface area contributed by atoms with Gasteiger partial charge < -0.3 is 20.9 Å². The van der Waals surface area contributed by atoms with E-state index in [1.54, 1.807) is 42.6 Å². The number of aliphatic imine (C=N–C) groups is 1. The Morgan fingerprint density at radius 2 is 2.00 bits per heavy atom. The summed E-state index contributed by atoms with van der Waals surface area (Å²) in [6, 6.07) is 11.8. The second kappa shape index (κ2) is 11.1. The average Bonchev–Trinajstić information content (AvgIpc) is 3.27. The molecule has 0 aliphatic carbocycles. The number of amides is 1. The van der Waals surface area contributed by atoms with E-state index >= 15 is 0 Å². The van der Waals surface area contributed by atoms with Crippen molar-refractivity contribution in [3.05, 3.63) is 46.8 Å². The molecule has 3 rings (SSSR count). The molecule has 3 N–H and O–H groups in total. The molecule has 0 unspecified atom stereocenters. The molecular formula is C21H28ClN5OS. The number of piperidine rings is 1. The number of halogens is 1. The number of anilines is 2. The van der Waals surface area contributed by atoms with Crippen LogP contribution >= 0.6 is 22.9 Å². The summed E-state index contributed by atoms with van der Waals surface area (Å²) in [4.78, 5) is 18.8. The minimum Gasteiger partial charge on any atom is -0.363 e. The topological polar surface area (TPSA) is 68.8 Å². The lowest BCUT2D eigenvalue weighted by atomic mass is 10.1. The highest BCUT2D eigenvalue weighted by Crippen LogP contribution is 2.24. The fourth-order valence-corrected chi connectivity index (χ4v) is 4.21. The molecule has 1 aromatic carbocycles. The van der Waals surface area contributed by atoms with Gasteiger partial charge in [-0.15, -0.1) is 11.3 Å². The molecule has 1 saturated heterocycles. The van der Waals surface area contributed by atoms with E-state index in [1.807, 2.05) is 0 Å². The van der Waals surface area contributed by atoms with Gasteiger partial charge in [-0.1, -0.05) is 11.6 Å². The van der Waals surface area contributed by atoms with Gasteiger partial charge in [0.15, 0.2) is 5.96 Å². The van der Waals surface area contributed by atoms with E-state index in [-0.39, 0.29) is 5.91 Å². The van der Waals surface area contributed by atoms with E-state index in [9.17, 15) is 4.79 Å². The summed E-state index contributed by atoms with van der Waals surface area (Å²) in [5, 5.41) is 13.8. The maximum atomic E-state index is 12.0. The van der Waals surface area contributed by atoms with Crippen molar-refractivity contribution in [2.75, 3.05) is 36.9 Å². The molecule has 0 radical (unpaired) electrons. The largest absolute Gasteiger partial charge is 0.363 e. The number of hydrogen-bond donors (Lipinski definition) is 3. The molecule has 1 fully saturated rings. The van der Waals surface area contributed by atoms with Gasteiger partial charge in [0.1, 0.15) is 0 Å². The standard InChI is InChI=1S/C21H28ClN5OS/c1-23-21(26-18-10-13-27(14-11-18)20-5-3-15-29-20)24-12-2-4-19(28)25-17-8-6-16(22)7-9-17/h3,5-9,15,18H,2,4,10-14H2,1H3,(H,25,28)(H2,23,24,26). The highest BCUT2D eigenvalue weighted by atomic mass is 35.5. The van der Waals surface area contributed by atoms with E-state index in [2.05, 4.69) is 43.4 Å². The normalized spacial score (nSPS) is 15.2. The van der Waals surface area contributed by atoms with Crippen LogP contribution in [0.2, 0.25) is 5.02 Å². The zero-order valence-corrected chi connectivity index (χ0v) is 18.2. The Balaban J connectivity index is 1.31. The summed E-state index contributed by atoms with van der Waals surface area (Å²) in [6.45, 7) is 2.81. The lowest BCUT2D eigenvalue weighted by molar-refractivity contribution is -0.116. The number of hydrogen-bond acceptors (Lipinski definition) is 4. The van der Waals surface area contributed by atoms with Crippen LogP contribution in [0.25, 0.3) is 0 Å². The molecule has 6 nitrogen and oxygen atoms in total. The summed E-state index contributed by atoms with van der Waals surface area (Å²) in [5.41, 5.74) is 0.763. The molecule has 1 aliphatic heterocycles. The molecule has 29 heavy (non-hydrogen) atoms. The number of carbonyl (C=O) groups excluding carboxylic acids is 1. The van der Waals surface area contributed by atoms with Gasteiger partial charge in [-0.2, -0.15) is 0 Å². The number of nitrogens with zero attached hydrogens (tertiary/aromatic N) is 2. The van der Waals surface area contributed by atoms with Crippen molar-refractivity contribution in [3.63, 3.8) is 0 Å². The molecule has 2 aromatic rings. The molecule has 1 aromatic heterocycles. The molecular weight excluding hydrogens is 406 g/mol. The molecule has 8 heteroatoms. The van der Waals surface area contributed by atoms with E-state index in [1.165, 1.54) is 5.00 Å². The van der Waals surface area contributed by atoms with Gasteiger partial charge in [-0.25, -0.2) is 0 Å². The summed E-state index contributed by atoms with van der Waals surface area (Å²) in [7, 11) is 1.78. The van der Waals surface area contributed by atoms with Crippen LogP contribution in [0.15, 0.2) is 46.8 Å². The van der Waals surface area contributed by atoms with Crippen molar-refractivity contribution in [3.8, 4) is 0 Å². The van der Waals surface area contributed by atoms with Crippen LogP contribution in [-0.2, 0) is 4.79 Å². The Bertz CT molecular complexity index is 786. The first-order valence-electron chi connectivity index (χ1n) is 9.95. The monoisotopic (exact) mass is 433 g/mol. The number of nitrogens with one attached hydrogen (secondary N) is 3. The molecule has 2 heterocycles. The van der Waals surface area contributed by atoms with Crippen LogP contribution in [0.4, 0.5) is 10.7 Å².